The summed E-state index contributed by atoms with van der Waals surface area (Å²) < 4.78 is 0.869. The third-order valence-corrected chi connectivity index (χ3v) is 4.66. The number of thioether (sulfide) groups is 1. The smallest absolute Gasteiger partial charge is 0.239 e. The Hall–Kier alpha value is -1.01. The second-order valence-electron chi connectivity index (χ2n) is 4.02. The molecular formula is C12H13BrN2O2S. The molecule has 4 nitrogen and oxygen atoms in total. The summed E-state index contributed by atoms with van der Waals surface area (Å²) in [7, 11) is 0. The fourth-order valence-corrected chi connectivity index (χ4v) is 3.30. The zero-order valence-corrected chi connectivity index (χ0v) is 12.1. The maximum atomic E-state index is 11.9. The molecule has 2 N–H and O–H groups in total. The highest BCUT2D eigenvalue weighted by Gasteiger charge is 2.26. The van der Waals surface area contributed by atoms with Crippen LogP contribution >= 0.6 is 27.7 Å². The average molecular weight is 329 g/mol. The van der Waals surface area contributed by atoms with Gasteiger partial charge >= 0.3 is 0 Å². The van der Waals surface area contributed by atoms with Crippen LogP contribution in [0.25, 0.3) is 0 Å². The topological polar surface area (TPSA) is 63.4 Å². The molecule has 1 aromatic rings. The maximum absolute atomic E-state index is 11.9. The van der Waals surface area contributed by atoms with E-state index in [1.165, 1.54) is 16.7 Å². The Kier molecular flexibility index (Phi) is 4.29. The summed E-state index contributed by atoms with van der Waals surface area (Å²) in [4.78, 5) is 25.6. The van der Waals surface area contributed by atoms with Crippen molar-refractivity contribution in [2.45, 2.75) is 17.7 Å². The number of likely N-dealkylation sites (tertiary alicyclic amines) is 1. The van der Waals surface area contributed by atoms with Gasteiger partial charge in [0.05, 0.1) is 5.75 Å². The van der Waals surface area contributed by atoms with Crippen molar-refractivity contribution in [1.29, 1.82) is 0 Å². The molecule has 0 aliphatic carbocycles. The van der Waals surface area contributed by atoms with Gasteiger partial charge in [0.2, 0.25) is 11.8 Å². The van der Waals surface area contributed by atoms with Gasteiger partial charge in [-0.2, -0.15) is 0 Å². The lowest BCUT2D eigenvalue weighted by Gasteiger charge is -2.13. The lowest BCUT2D eigenvalue weighted by molar-refractivity contribution is -0.140. The van der Waals surface area contributed by atoms with Crippen molar-refractivity contribution >= 4 is 45.2 Å². The number of halogens is 1. The van der Waals surface area contributed by atoms with E-state index >= 15 is 0 Å². The third kappa shape index (κ3) is 3.05. The first kappa shape index (κ1) is 13.4. The highest BCUT2D eigenvalue weighted by molar-refractivity contribution is 9.10. The van der Waals surface area contributed by atoms with Crippen LogP contribution in [0, 0.1) is 0 Å². The number of hydrogen-bond acceptors (Lipinski definition) is 4. The quantitative estimate of drug-likeness (QED) is 0.683. The normalized spacial score (nSPS) is 15.2. The summed E-state index contributed by atoms with van der Waals surface area (Å²) >= 11 is 4.81. The summed E-state index contributed by atoms with van der Waals surface area (Å²) in [5, 5.41) is 0. The van der Waals surface area contributed by atoms with Crippen molar-refractivity contribution in [1.82, 2.24) is 4.90 Å². The number of benzene rings is 1. The van der Waals surface area contributed by atoms with Crippen LogP contribution in [0.4, 0.5) is 5.69 Å². The SMILES string of the molecule is Nc1ccc(SCC(=O)N2CCCC2=O)c(Br)c1. The van der Waals surface area contributed by atoms with E-state index in [1.54, 1.807) is 12.1 Å². The van der Waals surface area contributed by atoms with Gasteiger partial charge < -0.3 is 5.73 Å². The molecule has 0 bridgehead atoms. The van der Waals surface area contributed by atoms with Crippen LogP contribution in [-0.2, 0) is 9.59 Å². The van der Waals surface area contributed by atoms with E-state index in [1.807, 2.05) is 6.07 Å². The number of carbonyl (C=O) groups is 2. The Balaban J connectivity index is 1.95. The van der Waals surface area contributed by atoms with E-state index in [0.717, 1.165) is 15.8 Å². The number of nitrogens with zero attached hydrogens (tertiary/aromatic N) is 1. The molecule has 1 saturated heterocycles. The van der Waals surface area contributed by atoms with Gasteiger partial charge in [-0.15, -0.1) is 11.8 Å². The summed E-state index contributed by atoms with van der Waals surface area (Å²) in [6, 6.07) is 5.45. The number of anilines is 1. The number of hydrogen-bond donors (Lipinski definition) is 1. The van der Waals surface area contributed by atoms with Crippen molar-refractivity contribution in [3.63, 3.8) is 0 Å². The third-order valence-electron chi connectivity index (χ3n) is 2.68. The van der Waals surface area contributed by atoms with E-state index < -0.39 is 0 Å². The van der Waals surface area contributed by atoms with Crippen molar-refractivity contribution in [3.05, 3.63) is 22.7 Å². The highest BCUT2D eigenvalue weighted by Crippen LogP contribution is 2.29. The number of nitrogen functional groups attached to an aromatic ring is 1. The van der Waals surface area contributed by atoms with Crippen LogP contribution < -0.4 is 5.73 Å². The fraction of sp³-hybridized carbons (Fsp3) is 0.333. The van der Waals surface area contributed by atoms with Gasteiger partial charge in [0.25, 0.3) is 0 Å². The van der Waals surface area contributed by atoms with Crippen LogP contribution in [0.3, 0.4) is 0 Å². The molecule has 1 aliphatic heterocycles. The Morgan fingerprint density at radius 3 is 2.89 bits per heavy atom. The lowest BCUT2D eigenvalue weighted by Crippen LogP contribution is -2.33. The first-order chi connectivity index (χ1) is 8.58. The summed E-state index contributed by atoms with van der Waals surface area (Å²) in [6.07, 6.45) is 1.27. The van der Waals surface area contributed by atoms with Crippen molar-refractivity contribution < 1.29 is 9.59 Å². The lowest BCUT2D eigenvalue weighted by atomic mass is 10.3. The van der Waals surface area contributed by atoms with E-state index in [0.29, 0.717) is 18.7 Å². The number of imide groups is 1. The molecule has 0 saturated carbocycles. The molecule has 1 aliphatic rings. The van der Waals surface area contributed by atoms with Gasteiger partial charge in [-0.1, -0.05) is 0 Å². The van der Waals surface area contributed by atoms with Gasteiger partial charge in [-0.05, 0) is 40.5 Å². The zero-order chi connectivity index (χ0) is 13.1. The molecule has 1 heterocycles. The molecule has 2 rings (SSSR count). The standard InChI is InChI=1S/C12H13BrN2O2S/c13-9-6-8(14)3-4-10(9)18-7-12(17)15-5-1-2-11(15)16/h3-4,6H,1-2,5,7,14H2. The molecule has 6 heteroatoms. The first-order valence-corrected chi connectivity index (χ1v) is 7.37. The first-order valence-electron chi connectivity index (χ1n) is 5.59. The molecule has 0 atom stereocenters. The summed E-state index contributed by atoms with van der Waals surface area (Å²) in [6.45, 7) is 0.557. The van der Waals surface area contributed by atoms with Gasteiger partial charge in [0, 0.05) is 28.0 Å². The van der Waals surface area contributed by atoms with Crippen molar-refractivity contribution in [2.75, 3.05) is 18.0 Å². The molecule has 1 fully saturated rings. The molecule has 2 amide bonds. The van der Waals surface area contributed by atoms with Gasteiger partial charge in [0.1, 0.15) is 0 Å². The van der Waals surface area contributed by atoms with Crippen molar-refractivity contribution in [3.8, 4) is 0 Å². The van der Waals surface area contributed by atoms with E-state index in [-0.39, 0.29) is 17.6 Å². The molecule has 0 aromatic heterocycles. The van der Waals surface area contributed by atoms with Crippen LogP contribution in [0.15, 0.2) is 27.6 Å². The molecule has 0 unspecified atom stereocenters. The van der Waals surface area contributed by atoms with Crippen LogP contribution in [-0.4, -0.2) is 29.0 Å². The van der Waals surface area contributed by atoms with E-state index in [4.69, 9.17) is 5.73 Å². The Morgan fingerprint density at radius 2 is 2.28 bits per heavy atom. The number of amides is 2. The molecular weight excluding hydrogens is 316 g/mol. The van der Waals surface area contributed by atoms with Crippen molar-refractivity contribution in [2.24, 2.45) is 0 Å². The van der Waals surface area contributed by atoms with E-state index in [2.05, 4.69) is 15.9 Å². The van der Waals surface area contributed by atoms with Gasteiger partial charge in [-0.25, -0.2) is 0 Å². The largest absolute Gasteiger partial charge is 0.399 e. The maximum Gasteiger partial charge on any atom is 0.239 e. The summed E-state index contributed by atoms with van der Waals surface area (Å²) in [5.41, 5.74) is 6.32. The number of rotatable bonds is 3. The minimum Gasteiger partial charge on any atom is -0.399 e. The Labute approximate surface area is 118 Å². The summed E-state index contributed by atoms with van der Waals surface area (Å²) in [5.74, 6) is 0.0945. The van der Waals surface area contributed by atoms with Gasteiger partial charge in [-0.3, -0.25) is 14.5 Å². The van der Waals surface area contributed by atoms with Crippen LogP contribution in [0.2, 0.25) is 0 Å². The second-order valence-corrected chi connectivity index (χ2v) is 5.89. The highest BCUT2D eigenvalue weighted by atomic mass is 79.9. The minimum atomic E-state index is -0.119. The van der Waals surface area contributed by atoms with Gasteiger partial charge in [0.15, 0.2) is 0 Å². The molecule has 96 valence electrons. The average Bonchev–Trinajstić information content (AvgIpc) is 2.74. The molecule has 18 heavy (non-hydrogen) atoms. The van der Waals surface area contributed by atoms with Crippen LogP contribution in [0.1, 0.15) is 12.8 Å². The second kappa shape index (κ2) is 5.75. The van der Waals surface area contributed by atoms with E-state index in [9.17, 15) is 9.59 Å². The van der Waals surface area contributed by atoms with Crippen LogP contribution in [0.5, 0.6) is 0 Å². The predicted octanol–water partition coefficient (Wildman–Crippen LogP) is 2.27. The molecule has 0 spiro atoms. The Bertz CT molecular complexity index is 493. The number of carbonyl (C=O) groups excluding carboxylic acids is 2. The molecule has 0 radical (unpaired) electrons. The number of nitrogens with two attached hydrogens (primary N) is 1. The fourth-order valence-electron chi connectivity index (χ4n) is 1.76. The predicted molar refractivity (Wildman–Crippen MR) is 75.2 cm³/mol. The minimum absolute atomic E-state index is 0.0584. The Morgan fingerprint density at radius 1 is 1.50 bits per heavy atom. The zero-order valence-electron chi connectivity index (χ0n) is 9.69. The monoisotopic (exact) mass is 328 g/mol. The molecule has 1 aromatic carbocycles.